The second-order valence-corrected chi connectivity index (χ2v) is 5.98. The molecule has 0 unspecified atom stereocenters. The van der Waals surface area contributed by atoms with Gasteiger partial charge in [-0.1, -0.05) is 24.3 Å². The largest absolute Gasteiger partial charge is 0.385 e. The van der Waals surface area contributed by atoms with Crippen LogP contribution in [0.2, 0.25) is 0 Å². The number of H-pyrrole nitrogens is 1. The van der Waals surface area contributed by atoms with Crippen molar-refractivity contribution < 1.29 is 0 Å². The number of nitrogens with zero attached hydrogens (tertiary/aromatic N) is 1. The van der Waals surface area contributed by atoms with Crippen LogP contribution in [0.3, 0.4) is 0 Å². The number of rotatable bonds is 6. The van der Waals surface area contributed by atoms with Gasteiger partial charge in [0.1, 0.15) is 0 Å². The van der Waals surface area contributed by atoms with Gasteiger partial charge >= 0.3 is 0 Å². The number of pyridine rings is 1. The summed E-state index contributed by atoms with van der Waals surface area (Å²) in [6.45, 7) is 0.889. The van der Waals surface area contributed by atoms with Crippen LogP contribution in [0.5, 0.6) is 0 Å². The maximum Gasteiger partial charge on any atom is 0.0456 e. The molecule has 0 atom stereocenters. The second kappa shape index (κ2) is 7.09. The van der Waals surface area contributed by atoms with E-state index < -0.39 is 0 Å². The lowest BCUT2D eigenvalue weighted by Gasteiger charge is -2.10. The molecule has 0 spiro atoms. The Morgan fingerprint density at radius 1 is 0.840 bits per heavy atom. The third-order valence-corrected chi connectivity index (χ3v) is 4.23. The quantitative estimate of drug-likeness (QED) is 0.469. The normalized spacial score (nSPS) is 10.7. The molecule has 0 fully saturated rings. The molecular weight excluding hydrogens is 308 g/mol. The van der Waals surface area contributed by atoms with Crippen LogP contribution in [-0.2, 0) is 6.42 Å². The van der Waals surface area contributed by atoms with Crippen LogP contribution in [0.25, 0.3) is 10.9 Å². The van der Waals surface area contributed by atoms with Crippen LogP contribution in [0.4, 0.5) is 17.1 Å². The minimum absolute atomic E-state index is 0.889. The molecule has 3 N–H and O–H groups in total. The van der Waals surface area contributed by atoms with Crippen molar-refractivity contribution in [2.24, 2.45) is 0 Å². The average Bonchev–Trinajstić information content (AvgIpc) is 3.06. The fraction of sp³-hybridized carbons (Fsp3) is 0.0952. The molecule has 2 heterocycles. The Morgan fingerprint density at radius 3 is 2.60 bits per heavy atom. The van der Waals surface area contributed by atoms with E-state index in [2.05, 4.69) is 75.3 Å². The maximum absolute atomic E-state index is 4.04. The van der Waals surface area contributed by atoms with Gasteiger partial charge in [-0.25, -0.2) is 0 Å². The smallest absolute Gasteiger partial charge is 0.0456 e. The van der Waals surface area contributed by atoms with Gasteiger partial charge in [0.15, 0.2) is 0 Å². The molecule has 0 amide bonds. The van der Waals surface area contributed by atoms with Crippen molar-refractivity contribution in [3.05, 3.63) is 84.8 Å². The van der Waals surface area contributed by atoms with E-state index in [0.29, 0.717) is 0 Å². The van der Waals surface area contributed by atoms with E-state index in [9.17, 15) is 0 Å². The van der Waals surface area contributed by atoms with E-state index in [0.717, 1.165) is 30.0 Å². The first kappa shape index (κ1) is 15.3. The molecule has 4 nitrogen and oxygen atoms in total. The van der Waals surface area contributed by atoms with Crippen LogP contribution in [0.15, 0.2) is 79.3 Å². The zero-order valence-corrected chi connectivity index (χ0v) is 13.9. The summed E-state index contributed by atoms with van der Waals surface area (Å²) in [6.07, 6.45) is 6.65. The van der Waals surface area contributed by atoms with Gasteiger partial charge in [-0.3, -0.25) is 4.98 Å². The summed E-state index contributed by atoms with van der Waals surface area (Å²) in [7, 11) is 0. The lowest BCUT2D eigenvalue weighted by Crippen LogP contribution is -2.04. The molecule has 0 radical (unpaired) electrons. The molecule has 0 aliphatic rings. The number of hydrogen-bond donors (Lipinski definition) is 3. The van der Waals surface area contributed by atoms with Crippen LogP contribution >= 0.6 is 0 Å². The highest BCUT2D eigenvalue weighted by atomic mass is 14.9. The summed E-state index contributed by atoms with van der Waals surface area (Å²) in [4.78, 5) is 7.37. The number of para-hydroxylation sites is 1. The number of fused-ring (bicyclic) bond motifs is 1. The minimum atomic E-state index is 0.889. The fourth-order valence-electron chi connectivity index (χ4n) is 2.99. The van der Waals surface area contributed by atoms with Gasteiger partial charge in [-0.15, -0.1) is 0 Å². The SMILES string of the molecule is c1cc(NCCc2c[nH]c3ccccc23)cc(Nc2ccncc2)c1. The lowest BCUT2D eigenvalue weighted by molar-refractivity contribution is 1.03. The van der Waals surface area contributed by atoms with Gasteiger partial charge in [-0.2, -0.15) is 0 Å². The van der Waals surface area contributed by atoms with Crippen molar-refractivity contribution in [2.45, 2.75) is 6.42 Å². The molecule has 124 valence electrons. The zero-order chi connectivity index (χ0) is 16.9. The molecule has 0 aliphatic heterocycles. The highest BCUT2D eigenvalue weighted by Gasteiger charge is 2.03. The van der Waals surface area contributed by atoms with Crippen LogP contribution in [-0.4, -0.2) is 16.5 Å². The second-order valence-electron chi connectivity index (χ2n) is 5.98. The summed E-state index contributed by atoms with van der Waals surface area (Å²) in [5, 5.41) is 8.20. The summed E-state index contributed by atoms with van der Waals surface area (Å²) >= 11 is 0. The van der Waals surface area contributed by atoms with Crippen LogP contribution in [0, 0.1) is 0 Å². The minimum Gasteiger partial charge on any atom is -0.385 e. The third-order valence-electron chi connectivity index (χ3n) is 4.23. The van der Waals surface area contributed by atoms with E-state index in [1.807, 2.05) is 12.1 Å². The highest BCUT2D eigenvalue weighted by Crippen LogP contribution is 2.21. The molecule has 4 rings (SSSR count). The summed E-state index contributed by atoms with van der Waals surface area (Å²) in [6, 6.07) is 20.7. The Labute approximate surface area is 146 Å². The standard InChI is InChI=1S/C21H20N4/c1-2-7-21-20(6-1)16(15-24-21)8-13-23-18-4-3-5-19(14-18)25-17-9-11-22-12-10-17/h1-7,9-12,14-15,23-24H,8,13H2,(H,22,25). The highest BCUT2D eigenvalue weighted by molar-refractivity contribution is 5.83. The van der Waals surface area contributed by atoms with Crippen molar-refractivity contribution in [3.63, 3.8) is 0 Å². The monoisotopic (exact) mass is 328 g/mol. The summed E-state index contributed by atoms with van der Waals surface area (Å²) < 4.78 is 0. The predicted octanol–water partition coefficient (Wildman–Crippen LogP) is 4.96. The first-order valence-corrected chi connectivity index (χ1v) is 8.44. The molecular formula is C21H20N4. The maximum atomic E-state index is 4.04. The first-order chi connectivity index (χ1) is 12.4. The molecule has 0 aliphatic carbocycles. The van der Waals surface area contributed by atoms with E-state index in [1.165, 1.54) is 16.5 Å². The van der Waals surface area contributed by atoms with Crippen molar-refractivity contribution >= 4 is 28.0 Å². The van der Waals surface area contributed by atoms with Gasteiger partial charge in [0.05, 0.1) is 0 Å². The van der Waals surface area contributed by atoms with Crippen molar-refractivity contribution in [3.8, 4) is 0 Å². The van der Waals surface area contributed by atoms with Gasteiger partial charge in [0, 0.05) is 53.1 Å². The van der Waals surface area contributed by atoms with Crippen LogP contribution in [0.1, 0.15) is 5.56 Å². The summed E-state index contributed by atoms with van der Waals surface area (Å²) in [5.74, 6) is 0. The Hall–Kier alpha value is -3.27. The average molecular weight is 328 g/mol. The van der Waals surface area contributed by atoms with E-state index in [1.54, 1.807) is 12.4 Å². The van der Waals surface area contributed by atoms with Crippen molar-refractivity contribution in [1.29, 1.82) is 0 Å². The fourth-order valence-corrected chi connectivity index (χ4v) is 2.99. The number of benzene rings is 2. The van der Waals surface area contributed by atoms with Gasteiger partial charge < -0.3 is 15.6 Å². The number of aromatic nitrogens is 2. The molecule has 2 aromatic heterocycles. The topological polar surface area (TPSA) is 52.7 Å². The molecule has 2 aromatic carbocycles. The zero-order valence-electron chi connectivity index (χ0n) is 13.9. The van der Waals surface area contributed by atoms with Crippen molar-refractivity contribution in [1.82, 2.24) is 9.97 Å². The molecule has 4 heteroatoms. The summed E-state index contributed by atoms with van der Waals surface area (Å²) in [5.41, 5.74) is 5.74. The number of anilines is 3. The lowest BCUT2D eigenvalue weighted by atomic mass is 10.1. The molecule has 0 saturated heterocycles. The van der Waals surface area contributed by atoms with E-state index in [4.69, 9.17) is 0 Å². The predicted molar refractivity (Wildman–Crippen MR) is 104 cm³/mol. The third kappa shape index (κ3) is 3.63. The first-order valence-electron chi connectivity index (χ1n) is 8.44. The van der Waals surface area contributed by atoms with Crippen molar-refractivity contribution in [2.75, 3.05) is 17.2 Å². The van der Waals surface area contributed by atoms with E-state index in [-0.39, 0.29) is 0 Å². The Morgan fingerprint density at radius 2 is 1.68 bits per heavy atom. The molecule has 0 bridgehead atoms. The Balaban J connectivity index is 1.39. The number of hydrogen-bond acceptors (Lipinski definition) is 3. The van der Waals surface area contributed by atoms with Gasteiger partial charge in [0.25, 0.3) is 0 Å². The number of aromatic amines is 1. The molecule has 4 aromatic rings. The number of nitrogens with one attached hydrogen (secondary N) is 3. The van der Waals surface area contributed by atoms with E-state index >= 15 is 0 Å². The Bertz CT molecular complexity index is 960. The van der Waals surface area contributed by atoms with Crippen LogP contribution < -0.4 is 10.6 Å². The molecule has 25 heavy (non-hydrogen) atoms. The van der Waals surface area contributed by atoms with Gasteiger partial charge in [0.2, 0.25) is 0 Å². The Kier molecular flexibility index (Phi) is 4.33. The van der Waals surface area contributed by atoms with Gasteiger partial charge in [-0.05, 0) is 48.4 Å². The molecule has 0 saturated carbocycles.